The Balaban J connectivity index is 2.75. The van der Waals surface area contributed by atoms with Crippen molar-refractivity contribution in [2.75, 3.05) is 26.2 Å². The van der Waals surface area contributed by atoms with Crippen LogP contribution in [0.25, 0.3) is 0 Å². The van der Waals surface area contributed by atoms with Crippen molar-refractivity contribution in [3.8, 4) is 0 Å². The molecule has 0 aromatic heterocycles. The predicted octanol–water partition coefficient (Wildman–Crippen LogP) is 1.95. The summed E-state index contributed by atoms with van der Waals surface area (Å²) in [5, 5.41) is 9.66. The molecule has 1 aromatic rings. The molecule has 1 aromatic carbocycles. The summed E-state index contributed by atoms with van der Waals surface area (Å²) in [5.74, 6) is 0. The zero-order valence-electron chi connectivity index (χ0n) is 11.6. The van der Waals surface area contributed by atoms with Crippen LogP contribution in [0.3, 0.4) is 0 Å². The maximum atomic E-state index is 9.66. The number of hydrogen-bond acceptors (Lipinski definition) is 3. The minimum Gasteiger partial charge on any atom is -0.394 e. The second kappa shape index (κ2) is 7.52. The minimum atomic E-state index is -0.662. The molecule has 0 fully saturated rings. The van der Waals surface area contributed by atoms with E-state index in [2.05, 4.69) is 18.7 Å². The maximum absolute atomic E-state index is 9.66. The van der Waals surface area contributed by atoms with E-state index in [9.17, 15) is 5.11 Å². The Hall–Kier alpha value is -0.900. The molecule has 1 atom stereocenters. The van der Waals surface area contributed by atoms with Gasteiger partial charge in [-0.2, -0.15) is 0 Å². The van der Waals surface area contributed by atoms with Crippen LogP contribution in [0.4, 0.5) is 0 Å². The van der Waals surface area contributed by atoms with Crippen molar-refractivity contribution in [1.82, 2.24) is 4.90 Å². The molecule has 18 heavy (non-hydrogen) atoms. The molecular formula is C15H26N2O. The van der Waals surface area contributed by atoms with Crippen LogP contribution in [0.2, 0.25) is 0 Å². The Morgan fingerprint density at radius 3 is 2.39 bits per heavy atom. The van der Waals surface area contributed by atoms with Crippen molar-refractivity contribution < 1.29 is 5.11 Å². The summed E-state index contributed by atoms with van der Waals surface area (Å²) in [5.41, 5.74) is 6.72. The molecule has 3 N–H and O–H groups in total. The van der Waals surface area contributed by atoms with Crippen LogP contribution in [0.15, 0.2) is 30.3 Å². The van der Waals surface area contributed by atoms with Crippen LogP contribution in [-0.4, -0.2) is 36.2 Å². The first kappa shape index (κ1) is 15.2. The predicted molar refractivity (Wildman–Crippen MR) is 76.4 cm³/mol. The molecule has 0 bridgehead atoms. The van der Waals surface area contributed by atoms with Gasteiger partial charge in [0.15, 0.2) is 0 Å². The number of benzene rings is 1. The van der Waals surface area contributed by atoms with E-state index in [-0.39, 0.29) is 6.61 Å². The highest BCUT2D eigenvalue weighted by Crippen LogP contribution is 2.19. The van der Waals surface area contributed by atoms with Crippen LogP contribution in [-0.2, 0) is 5.54 Å². The molecule has 0 saturated carbocycles. The Morgan fingerprint density at radius 1 is 1.22 bits per heavy atom. The molecule has 3 nitrogen and oxygen atoms in total. The van der Waals surface area contributed by atoms with E-state index in [0.717, 1.165) is 18.7 Å². The first-order chi connectivity index (χ1) is 8.66. The van der Waals surface area contributed by atoms with Gasteiger partial charge in [0.1, 0.15) is 0 Å². The molecule has 0 heterocycles. The molecule has 1 rings (SSSR count). The fourth-order valence-corrected chi connectivity index (χ4v) is 2.13. The molecule has 0 aliphatic heterocycles. The summed E-state index contributed by atoms with van der Waals surface area (Å²) in [7, 11) is 0. The highest BCUT2D eigenvalue weighted by Gasteiger charge is 2.28. The lowest BCUT2D eigenvalue weighted by atomic mass is 9.91. The zero-order valence-corrected chi connectivity index (χ0v) is 11.6. The summed E-state index contributed by atoms with van der Waals surface area (Å²) in [6.07, 6.45) is 2.35. The second-order valence-electron chi connectivity index (χ2n) is 4.90. The topological polar surface area (TPSA) is 49.5 Å². The number of rotatable bonds is 8. The highest BCUT2D eigenvalue weighted by molar-refractivity contribution is 5.24. The molecule has 102 valence electrons. The monoisotopic (exact) mass is 250 g/mol. The smallest absolute Gasteiger partial charge is 0.0772 e. The fourth-order valence-electron chi connectivity index (χ4n) is 2.13. The maximum Gasteiger partial charge on any atom is 0.0772 e. The van der Waals surface area contributed by atoms with E-state index in [1.54, 1.807) is 0 Å². The van der Waals surface area contributed by atoms with Gasteiger partial charge < -0.3 is 15.7 Å². The number of unbranched alkanes of at least 4 members (excludes halogenated alkanes) is 1. The molecule has 0 aliphatic rings. The van der Waals surface area contributed by atoms with Gasteiger partial charge >= 0.3 is 0 Å². The lowest BCUT2D eigenvalue weighted by Crippen LogP contribution is -2.50. The van der Waals surface area contributed by atoms with E-state index < -0.39 is 5.54 Å². The molecule has 0 spiro atoms. The van der Waals surface area contributed by atoms with Crippen molar-refractivity contribution >= 4 is 0 Å². The Morgan fingerprint density at radius 2 is 1.89 bits per heavy atom. The normalized spacial score (nSPS) is 14.7. The minimum absolute atomic E-state index is 0.0281. The van der Waals surface area contributed by atoms with E-state index >= 15 is 0 Å². The SMILES string of the molecule is CCCCN(CC)CC(N)(CO)c1ccccc1. The van der Waals surface area contributed by atoms with Gasteiger partial charge in [-0.3, -0.25) is 0 Å². The average molecular weight is 250 g/mol. The largest absolute Gasteiger partial charge is 0.394 e. The summed E-state index contributed by atoms with van der Waals surface area (Å²) in [4.78, 5) is 2.31. The Bertz CT molecular complexity index is 329. The molecule has 1 unspecified atom stereocenters. The van der Waals surface area contributed by atoms with E-state index in [1.165, 1.54) is 12.8 Å². The van der Waals surface area contributed by atoms with Crippen molar-refractivity contribution in [3.63, 3.8) is 0 Å². The third-order valence-corrected chi connectivity index (χ3v) is 3.41. The van der Waals surface area contributed by atoms with E-state index in [0.29, 0.717) is 6.54 Å². The first-order valence-corrected chi connectivity index (χ1v) is 6.84. The van der Waals surface area contributed by atoms with Gasteiger partial charge in [-0.05, 0) is 25.1 Å². The average Bonchev–Trinajstić information content (AvgIpc) is 2.44. The van der Waals surface area contributed by atoms with Crippen molar-refractivity contribution in [2.24, 2.45) is 5.73 Å². The number of nitrogens with two attached hydrogens (primary N) is 1. The van der Waals surface area contributed by atoms with E-state index in [4.69, 9.17) is 5.73 Å². The fraction of sp³-hybridized carbons (Fsp3) is 0.600. The van der Waals surface area contributed by atoms with Gasteiger partial charge in [0.25, 0.3) is 0 Å². The number of hydrogen-bond donors (Lipinski definition) is 2. The molecule has 0 saturated heterocycles. The highest BCUT2D eigenvalue weighted by atomic mass is 16.3. The van der Waals surface area contributed by atoms with Crippen LogP contribution in [0.5, 0.6) is 0 Å². The third kappa shape index (κ3) is 4.09. The molecule has 0 aliphatic carbocycles. The van der Waals surface area contributed by atoms with Crippen LogP contribution in [0.1, 0.15) is 32.3 Å². The van der Waals surface area contributed by atoms with Gasteiger partial charge in [0.2, 0.25) is 0 Å². The van der Waals surface area contributed by atoms with E-state index in [1.807, 2.05) is 30.3 Å². The molecule has 3 heteroatoms. The number of nitrogens with zero attached hydrogens (tertiary/aromatic N) is 1. The van der Waals surface area contributed by atoms with Gasteiger partial charge in [0.05, 0.1) is 12.1 Å². The van der Waals surface area contributed by atoms with Crippen molar-refractivity contribution in [1.29, 1.82) is 0 Å². The van der Waals surface area contributed by atoms with Gasteiger partial charge in [-0.25, -0.2) is 0 Å². The summed E-state index contributed by atoms with van der Waals surface area (Å²) >= 11 is 0. The lowest BCUT2D eigenvalue weighted by molar-refractivity contribution is 0.138. The van der Waals surface area contributed by atoms with Gasteiger partial charge in [-0.1, -0.05) is 50.6 Å². The van der Waals surface area contributed by atoms with Crippen LogP contribution in [0, 0.1) is 0 Å². The summed E-state index contributed by atoms with van der Waals surface area (Å²) in [6.45, 7) is 7.00. The third-order valence-electron chi connectivity index (χ3n) is 3.41. The molecule has 0 amide bonds. The first-order valence-electron chi connectivity index (χ1n) is 6.84. The number of likely N-dealkylation sites (N-methyl/N-ethyl adjacent to an activating group) is 1. The Labute approximate surface area is 111 Å². The van der Waals surface area contributed by atoms with Crippen LogP contribution < -0.4 is 5.73 Å². The lowest BCUT2D eigenvalue weighted by Gasteiger charge is -2.34. The Kier molecular flexibility index (Phi) is 6.33. The van der Waals surface area contributed by atoms with Gasteiger partial charge in [-0.15, -0.1) is 0 Å². The molecular weight excluding hydrogens is 224 g/mol. The quantitative estimate of drug-likeness (QED) is 0.741. The summed E-state index contributed by atoms with van der Waals surface area (Å²) < 4.78 is 0. The van der Waals surface area contributed by atoms with Crippen molar-refractivity contribution in [3.05, 3.63) is 35.9 Å². The number of aliphatic hydroxyl groups excluding tert-OH is 1. The van der Waals surface area contributed by atoms with Gasteiger partial charge in [0, 0.05) is 6.54 Å². The molecule has 0 radical (unpaired) electrons. The van der Waals surface area contributed by atoms with Crippen LogP contribution >= 0.6 is 0 Å². The standard InChI is InChI=1S/C15H26N2O/c1-3-5-11-17(4-2)12-15(16,13-18)14-9-7-6-8-10-14/h6-10,18H,3-5,11-13,16H2,1-2H3. The zero-order chi connectivity index (χ0) is 13.4. The second-order valence-corrected chi connectivity index (χ2v) is 4.90. The summed E-state index contributed by atoms with van der Waals surface area (Å²) in [6, 6.07) is 9.88. The number of aliphatic hydroxyl groups is 1. The van der Waals surface area contributed by atoms with Crippen molar-refractivity contribution in [2.45, 2.75) is 32.2 Å².